The molecule has 0 aromatic carbocycles. The molecule has 0 radical (unpaired) electrons. The Balaban J connectivity index is 3.36. The van der Waals surface area contributed by atoms with Crippen molar-refractivity contribution in [2.24, 2.45) is 0 Å². The number of nitrogens with one attached hydrogen (secondary N) is 1. The first-order valence-corrected chi connectivity index (χ1v) is 34.1. The van der Waals surface area contributed by atoms with Crippen LogP contribution in [0.5, 0.6) is 0 Å². The van der Waals surface area contributed by atoms with Crippen molar-refractivity contribution < 1.29 is 24.5 Å². The number of amides is 1. The number of allylic oxidation sites excluding steroid dienone is 4. The molecule has 2 atom stereocenters. The van der Waals surface area contributed by atoms with Gasteiger partial charge in [0.1, 0.15) is 0 Å². The van der Waals surface area contributed by atoms with Crippen LogP contribution < -0.4 is 5.32 Å². The molecule has 0 aromatic rings. The van der Waals surface area contributed by atoms with Crippen molar-refractivity contribution in [2.75, 3.05) is 13.2 Å². The minimum absolute atomic E-state index is 0.00250. The Morgan fingerprint density at radius 1 is 0.373 bits per heavy atom. The summed E-state index contributed by atoms with van der Waals surface area (Å²) in [6.45, 7) is 4.92. The van der Waals surface area contributed by atoms with Crippen LogP contribution in [0.1, 0.15) is 380 Å². The second-order valence-electron chi connectivity index (χ2n) is 23.5. The van der Waals surface area contributed by atoms with Crippen molar-refractivity contribution in [1.82, 2.24) is 5.32 Å². The third-order valence-electron chi connectivity index (χ3n) is 16.0. The molecular weight excluding hydrogens is 923 g/mol. The first-order chi connectivity index (χ1) is 37.0. The van der Waals surface area contributed by atoms with Gasteiger partial charge in [0.25, 0.3) is 0 Å². The zero-order valence-electron chi connectivity index (χ0n) is 50.8. The maximum absolute atomic E-state index is 12.5. The van der Waals surface area contributed by atoms with Crippen LogP contribution in [-0.4, -0.2) is 47.4 Å². The first kappa shape index (κ1) is 73.3. The Kier molecular flexibility index (Phi) is 63.4. The van der Waals surface area contributed by atoms with Crippen molar-refractivity contribution in [3.63, 3.8) is 0 Å². The summed E-state index contributed by atoms with van der Waals surface area (Å²) in [5, 5.41) is 23.4. The lowest BCUT2D eigenvalue weighted by Crippen LogP contribution is -2.45. The molecule has 0 aliphatic carbocycles. The number of aliphatic hydroxyl groups is 2. The molecule has 0 fully saturated rings. The SMILES string of the molecule is CCC/C=C\C/C=C\CCCCCCCC(=O)OCCCCCCCCCCCCCCCCCCCCCCCCCCCCC(=O)NC(CO)C(O)CCCCCCCCCCCCCCCCCCCCC. The van der Waals surface area contributed by atoms with Crippen LogP contribution in [0.25, 0.3) is 0 Å². The lowest BCUT2D eigenvalue weighted by molar-refractivity contribution is -0.143. The summed E-state index contributed by atoms with van der Waals surface area (Å²) >= 11 is 0. The summed E-state index contributed by atoms with van der Waals surface area (Å²) < 4.78 is 5.47. The average molecular weight is 1060 g/mol. The summed E-state index contributed by atoms with van der Waals surface area (Å²) in [6, 6.07) is -0.540. The molecule has 2 unspecified atom stereocenters. The van der Waals surface area contributed by atoms with E-state index >= 15 is 0 Å². The quantitative estimate of drug-likeness (QED) is 0.0320. The zero-order chi connectivity index (χ0) is 54.3. The molecule has 6 heteroatoms. The van der Waals surface area contributed by atoms with E-state index in [9.17, 15) is 19.8 Å². The van der Waals surface area contributed by atoms with Gasteiger partial charge in [0.15, 0.2) is 0 Å². The van der Waals surface area contributed by atoms with Crippen LogP contribution in [-0.2, 0) is 14.3 Å². The van der Waals surface area contributed by atoms with Crippen LogP contribution in [0, 0.1) is 0 Å². The van der Waals surface area contributed by atoms with Crippen LogP contribution in [0.3, 0.4) is 0 Å². The van der Waals surface area contributed by atoms with Gasteiger partial charge >= 0.3 is 5.97 Å². The van der Waals surface area contributed by atoms with E-state index in [1.54, 1.807) is 0 Å². The second-order valence-corrected chi connectivity index (χ2v) is 23.5. The van der Waals surface area contributed by atoms with Gasteiger partial charge in [0, 0.05) is 12.8 Å². The summed E-state index contributed by atoms with van der Waals surface area (Å²) in [5.41, 5.74) is 0. The standard InChI is InChI=1S/C69H133NO5/c1-3-5-7-9-11-13-15-17-18-19-28-31-34-38-41-45-49-53-57-61-67(72)66(65-71)70-68(73)62-58-54-50-46-42-39-35-32-29-26-24-22-20-21-23-25-27-30-33-36-40-44-48-52-56-60-64-75-69(74)63-59-55-51-47-43-37-16-14-12-10-8-6-4-2/h8,10,14,16,66-67,71-72H,3-7,9,11-13,15,17-65H2,1-2H3,(H,70,73)/b10-8-,16-14-. The lowest BCUT2D eigenvalue weighted by Gasteiger charge is -2.22. The number of hydrogen-bond donors (Lipinski definition) is 3. The highest BCUT2D eigenvalue weighted by Crippen LogP contribution is 2.19. The summed E-state index contributed by atoms with van der Waals surface area (Å²) in [7, 11) is 0. The largest absolute Gasteiger partial charge is 0.466 e. The van der Waals surface area contributed by atoms with E-state index in [0.29, 0.717) is 25.9 Å². The number of ether oxygens (including phenoxy) is 1. The van der Waals surface area contributed by atoms with Crippen LogP contribution in [0.15, 0.2) is 24.3 Å². The number of hydrogen-bond acceptors (Lipinski definition) is 5. The van der Waals surface area contributed by atoms with Crippen molar-refractivity contribution >= 4 is 11.9 Å². The number of rotatable bonds is 64. The smallest absolute Gasteiger partial charge is 0.305 e. The molecule has 0 spiro atoms. The molecule has 0 aliphatic heterocycles. The maximum Gasteiger partial charge on any atom is 0.305 e. The first-order valence-electron chi connectivity index (χ1n) is 34.1. The Hall–Kier alpha value is -1.66. The molecule has 6 nitrogen and oxygen atoms in total. The highest BCUT2D eigenvalue weighted by molar-refractivity contribution is 5.76. The van der Waals surface area contributed by atoms with Gasteiger partial charge in [-0.3, -0.25) is 9.59 Å². The van der Waals surface area contributed by atoms with Crippen molar-refractivity contribution in [1.29, 1.82) is 0 Å². The van der Waals surface area contributed by atoms with Gasteiger partial charge in [-0.2, -0.15) is 0 Å². The Labute approximate surface area is 469 Å². The molecule has 0 rings (SSSR count). The summed E-state index contributed by atoms with van der Waals surface area (Å²) in [6.07, 6.45) is 80.7. The minimum atomic E-state index is -0.663. The Morgan fingerprint density at radius 3 is 1.07 bits per heavy atom. The molecule has 0 saturated carbocycles. The number of carbonyl (C=O) groups excluding carboxylic acids is 2. The van der Waals surface area contributed by atoms with Gasteiger partial charge < -0.3 is 20.3 Å². The predicted molar refractivity (Wildman–Crippen MR) is 329 cm³/mol. The van der Waals surface area contributed by atoms with Gasteiger partial charge in [-0.05, 0) is 51.4 Å². The molecule has 3 N–H and O–H groups in total. The predicted octanol–water partition coefficient (Wildman–Crippen LogP) is 21.8. The monoisotopic (exact) mass is 1060 g/mol. The minimum Gasteiger partial charge on any atom is -0.466 e. The van der Waals surface area contributed by atoms with Crippen LogP contribution in [0.4, 0.5) is 0 Å². The van der Waals surface area contributed by atoms with Gasteiger partial charge in [0.05, 0.1) is 25.4 Å². The number of esters is 1. The summed E-state index contributed by atoms with van der Waals surface area (Å²) in [5.74, 6) is -0.0265. The Morgan fingerprint density at radius 2 is 0.693 bits per heavy atom. The average Bonchev–Trinajstić information content (AvgIpc) is 3.41. The van der Waals surface area contributed by atoms with Crippen molar-refractivity contribution in [2.45, 2.75) is 392 Å². The molecule has 1 amide bonds. The van der Waals surface area contributed by atoms with E-state index in [-0.39, 0.29) is 18.5 Å². The fourth-order valence-corrected chi connectivity index (χ4v) is 10.8. The van der Waals surface area contributed by atoms with E-state index < -0.39 is 12.1 Å². The Bertz CT molecular complexity index is 1170. The molecular formula is C69H133NO5. The molecule has 0 aromatic heterocycles. The summed E-state index contributed by atoms with van der Waals surface area (Å²) in [4.78, 5) is 24.6. The third kappa shape index (κ3) is 61.4. The molecule has 0 bridgehead atoms. The molecule has 0 saturated heterocycles. The third-order valence-corrected chi connectivity index (χ3v) is 16.0. The second kappa shape index (κ2) is 64.9. The highest BCUT2D eigenvalue weighted by atomic mass is 16.5. The van der Waals surface area contributed by atoms with Crippen molar-refractivity contribution in [3.8, 4) is 0 Å². The molecule has 444 valence electrons. The number of aliphatic hydroxyl groups excluding tert-OH is 2. The van der Waals surface area contributed by atoms with Crippen molar-refractivity contribution in [3.05, 3.63) is 24.3 Å². The lowest BCUT2D eigenvalue weighted by atomic mass is 10.0. The molecule has 0 aliphatic rings. The van der Waals surface area contributed by atoms with Gasteiger partial charge in [-0.15, -0.1) is 0 Å². The molecule has 75 heavy (non-hydrogen) atoms. The van der Waals surface area contributed by atoms with E-state index in [2.05, 4.69) is 43.5 Å². The highest BCUT2D eigenvalue weighted by Gasteiger charge is 2.20. The number of carbonyl (C=O) groups is 2. The van der Waals surface area contributed by atoms with E-state index in [0.717, 1.165) is 51.4 Å². The van der Waals surface area contributed by atoms with Gasteiger partial charge in [-0.25, -0.2) is 0 Å². The van der Waals surface area contributed by atoms with E-state index in [1.165, 1.54) is 295 Å². The fraction of sp³-hybridized carbons (Fsp3) is 0.913. The zero-order valence-corrected chi connectivity index (χ0v) is 50.8. The molecule has 0 heterocycles. The van der Waals surface area contributed by atoms with E-state index in [4.69, 9.17) is 4.74 Å². The fourth-order valence-electron chi connectivity index (χ4n) is 10.8. The number of unbranched alkanes of at least 4 members (excludes halogenated alkanes) is 49. The normalized spacial score (nSPS) is 12.6. The maximum atomic E-state index is 12.5. The van der Waals surface area contributed by atoms with Crippen LogP contribution in [0.2, 0.25) is 0 Å². The van der Waals surface area contributed by atoms with Gasteiger partial charge in [-0.1, -0.05) is 340 Å². The van der Waals surface area contributed by atoms with Gasteiger partial charge in [0.2, 0.25) is 5.91 Å². The van der Waals surface area contributed by atoms with Crippen LogP contribution >= 0.6 is 0 Å². The van der Waals surface area contributed by atoms with E-state index in [1.807, 2.05) is 0 Å². The topological polar surface area (TPSA) is 95.9 Å².